The van der Waals surface area contributed by atoms with Gasteiger partial charge < -0.3 is 10.2 Å². The molecule has 45 heavy (non-hydrogen) atoms. The van der Waals surface area contributed by atoms with E-state index < -0.39 is 33.4 Å². The van der Waals surface area contributed by atoms with Crippen molar-refractivity contribution in [3.63, 3.8) is 0 Å². The van der Waals surface area contributed by atoms with Gasteiger partial charge in [-0.05, 0) is 47.9 Å². The molecule has 234 valence electrons. The Morgan fingerprint density at radius 2 is 1.53 bits per heavy atom. The van der Waals surface area contributed by atoms with Gasteiger partial charge in [0.15, 0.2) is 0 Å². The van der Waals surface area contributed by atoms with E-state index >= 15 is 0 Å². The Hall–Kier alpha value is -4.55. The Morgan fingerprint density at radius 3 is 2.16 bits per heavy atom. The number of carbonyl (C=O) groups excluding carboxylic acids is 2. The minimum Gasteiger partial charge on any atom is -0.354 e. The summed E-state index contributed by atoms with van der Waals surface area (Å²) in [4.78, 5) is 40.3. The van der Waals surface area contributed by atoms with Crippen molar-refractivity contribution in [1.29, 1.82) is 0 Å². The first kappa shape index (κ1) is 33.3. The standard InChI is InChI=1S/C33H33BrN4O6S/c1-2-20-35-33(40)31(21-25-10-5-3-6-11-25)36(23-26-16-18-27(34)19-17-26)32(39)24-37(28-12-9-13-29(22-28)38(41)42)45(43,44)30-14-7-4-8-15-30/h3-19,22,31H,2,20-21,23-24H2,1H3,(H,35,40)/t31-/m0/s1. The normalized spacial score (nSPS) is 11.8. The van der Waals surface area contributed by atoms with Gasteiger partial charge in [-0.25, -0.2) is 8.42 Å². The van der Waals surface area contributed by atoms with Gasteiger partial charge in [0.1, 0.15) is 12.6 Å². The van der Waals surface area contributed by atoms with Crippen molar-refractivity contribution < 1.29 is 22.9 Å². The number of hydrogen-bond donors (Lipinski definition) is 1. The monoisotopic (exact) mass is 692 g/mol. The van der Waals surface area contributed by atoms with Crippen LogP contribution in [0.25, 0.3) is 0 Å². The molecule has 0 spiro atoms. The molecule has 0 saturated carbocycles. The summed E-state index contributed by atoms with van der Waals surface area (Å²) < 4.78 is 29.7. The van der Waals surface area contributed by atoms with Gasteiger partial charge in [-0.2, -0.15) is 0 Å². The Labute approximate surface area is 271 Å². The van der Waals surface area contributed by atoms with Crippen molar-refractivity contribution in [2.24, 2.45) is 0 Å². The lowest BCUT2D eigenvalue weighted by Gasteiger charge is -2.34. The molecule has 0 unspecified atom stereocenters. The molecule has 4 aromatic carbocycles. The van der Waals surface area contributed by atoms with Gasteiger partial charge in [-0.3, -0.25) is 24.0 Å². The minimum absolute atomic E-state index is 0.0112. The van der Waals surface area contributed by atoms with Crippen LogP contribution >= 0.6 is 15.9 Å². The third-order valence-corrected chi connectivity index (χ3v) is 9.34. The van der Waals surface area contributed by atoms with Crippen LogP contribution in [0.15, 0.2) is 119 Å². The van der Waals surface area contributed by atoms with Crippen LogP contribution in [-0.4, -0.2) is 49.2 Å². The molecular formula is C33H33BrN4O6S. The lowest BCUT2D eigenvalue weighted by molar-refractivity contribution is -0.384. The summed E-state index contributed by atoms with van der Waals surface area (Å²) in [7, 11) is -4.37. The molecule has 10 nitrogen and oxygen atoms in total. The number of anilines is 1. The average Bonchev–Trinajstić information content (AvgIpc) is 3.05. The van der Waals surface area contributed by atoms with Crippen molar-refractivity contribution in [2.45, 2.75) is 37.2 Å². The fraction of sp³-hybridized carbons (Fsp3) is 0.212. The number of non-ortho nitro benzene ring substituents is 1. The fourth-order valence-electron chi connectivity index (χ4n) is 4.72. The van der Waals surface area contributed by atoms with Crippen molar-refractivity contribution in [3.05, 3.63) is 135 Å². The molecule has 0 heterocycles. The topological polar surface area (TPSA) is 130 Å². The third kappa shape index (κ3) is 8.77. The van der Waals surface area contributed by atoms with Gasteiger partial charge in [0.05, 0.1) is 15.5 Å². The maximum absolute atomic E-state index is 14.4. The number of nitro benzene ring substituents is 1. The molecule has 0 fully saturated rings. The Kier molecular flexibility index (Phi) is 11.4. The van der Waals surface area contributed by atoms with Gasteiger partial charge >= 0.3 is 0 Å². The number of carbonyl (C=O) groups is 2. The van der Waals surface area contributed by atoms with Crippen molar-refractivity contribution >= 4 is 49.1 Å². The zero-order valence-corrected chi connectivity index (χ0v) is 27.0. The minimum atomic E-state index is -4.37. The largest absolute Gasteiger partial charge is 0.354 e. The third-order valence-electron chi connectivity index (χ3n) is 7.03. The van der Waals surface area contributed by atoms with Crippen molar-refractivity contribution in [3.8, 4) is 0 Å². The van der Waals surface area contributed by atoms with Crippen LogP contribution in [0.1, 0.15) is 24.5 Å². The van der Waals surface area contributed by atoms with Gasteiger partial charge in [-0.1, -0.05) is 89.6 Å². The summed E-state index contributed by atoms with van der Waals surface area (Å²) in [6.45, 7) is 1.62. The summed E-state index contributed by atoms with van der Waals surface area (Å²) in [5.41, 5.74) is 1.15. The van der Waals surface area contributed by atoms with E-state index in [1.807, 2.05) is 61.5 Å². The van der Waals surface area contributed by atoms with Gasteiger partial charge in [0.25, 0.3) is 15.7 Å². The second-order valence-electron chi connectivity index (χ2n) is 10.2. The first-order valence-electron chi connectivity index (χ1n) is 14.3. The second-order valence-corrected chi connectivity index (χ2v) is 13.0. The molecule has 4 rings (SSSR count). The Morgan fingerprint density at radius 1 is 0.889 bits per heavy atom. The summed E-state index contributed by atoms with van der Waals surface area (Å²) in [6.07, 6.45) is 0.862. The molecule has 0 aliphatic rings. The van der Waals surface area contributed by atoms with E-state index in [4.69, 9.17) is 0 Å². The van der Waals surface area contributed by atoms with E-state index in [-0.39, 0.29) is 35.1 Å². The highest BCUT2D eigenvalue weighted by atomic mass is 79.9. The molecule has 0 aromatic heterocycles. The molecule has 2 amide bonds. The highest BCUT2D eigenvalue weighted by Gasteiger charge is 2.35. The molecule has 0 saturated heterocycles. The van der Waals surface area contributed by atoms with E-state index in [1.54, 1.807) is 18.2 Å². The van der Waals surface area contributed by atoms with Crippen LogP contribution in [-0.2, 0) is 32.6 Å². The molecular weight excluding hydrogens is 660 g/mol. The van der Waals surface area contributed by atoms with E-state index in [2.05, 4.69) is 21.2 Å². The smallest absolute Gasteiger partial charge is 0.271 e. The predicted octanol–water partition coefficient (Wildman–Crippen LogP) is 5.72. The number of rotatable bonds is 14. The number of halogens is 1. The average molecular weight is 694 g/mol. The second kappa shape index (κ2) is 15.4. The predicted molar refractivity (Wildman–Crippen MR) is 176 cm³/mol. The summed E-state index contributed by atoms with van der Waals surface area (Å²) in [5.74, 6) is -1.03. The fourth-order valence-corrected chi connectivity index (χ4v) is 6.41. The Bertz CT molecular complexity index is 1720. The van der Waals surface area contributed by atoms with Crippen molar-refractivity contribution in [1.82, 2.24) is 10.2 Å². The SMILES string of the molecule is CCCNC(=O)[C@H](Cc1ccccc1)N(Cc1ccc(Br)cc1)C(=O)CN(c1cccc([N+](=O)[O-])c1)S(=O)(=O)c1ccccc1. The summed E-state index contributed by atoms with van der Waals surface area (Å²) in [5, 5.41) is 14.5. The number of amides is 2. The maximum Gasteiger partial charge on any atom is 0.271 e. The van der Waals surface area contributed by atoms with Crippen LogP contribution in [0.5, 0.6) is 0 Å². The van der Waals surface area contributed by atoms with E-state index in [1.165, 1.54) is 35.2 Å². The first-order chi connectivity index (χ1) is 21.6. The summed E-state index contributed by atoms with van der Waals surface area (Å²) in [6, 6.07) is 28.2. The number of nitrogens with zero attached hydrogens (tertiary/aromatic N) is 3. The van der Waals surface area contributed by atoms with Crippen molar-refractivity contribution in [2.75, 3.05) is 17.4 Å². The number of nitrogens with one attached hydrogen (secondary N) is 1. The van der Waals surface area contributed by atoms with Crippen LogP contribution in [0.3, 0.4) is 0 Å². The maximum atomic E-state index is 14.4. The highest BCUT2D eigenvalue weighted by Crippen LogP contribution is 2.28. The van der Waals surface area contributed by atoms with Crippen LogP contribution in [0.2, 0.25) is 0 Å². The van der Waals surface area contributed by atoms with Crippen LogP contribution < -0.4 is 9.62 Å². The number of benzene rings is 4. The highest BCUT2D eigenvalue weighted by molar-refractivity contribution is 9.10. The zero-order chi connectivity index (χ0) is 32.4. The molecule has 4 aromatic rings. The molecule has 12 heteroatoms. The molecule has 1 N–H and O–H groups in total. The zero-order valence-electron chi connectivity index (χ0n) is 24.6. The summed E-state index contributed by atoms with van der Waals surface area (Å²) >= 11 is 3.42. The van der Waals surface area contributed by atoms with E-state index in [9.17, 15) is 28.1 Å². The molecule has 0 bridgehead atoms. The van der Waals surface area contributed by atoms with Gasteiger partial charge in [-0.15, -0.1) is 0 Å². The quantitative estimate of drug-likeness (QED) is 0.133. The number of hydrogen-bond acceptors (Lipinski definition) is 6. The molecule has 0 aliphatic heterocycles. The van der Waals surface area contributed by atoms with E-state index in [0.29, 0.717) is 13.0 Å². The number of sulfonamides is 1. The van der Waals surface area contributed by atoms with Crippen LogP contribution in [0, 0.1) is 10.1 Å². The van der Waals surface area contributed by atoms with Gasteiger partial charge in [0.2, 0.25) is 11.8 Å². The molecule has 0 radical (unpaired) electrons. The van der Waals surface area contributed by atoms with E-state index in [0.717, 1.165) is 26.0 Å². The Balaban J connectivity index is 1.81. The van der Waals surface area contributed by atoms with Gasteiger partial charge in [0, 0.05) is 36.1 Å². The van der Waals surface area contributed by atoms with Crippen LogP contribution in [0.4, 0.5) is 11.4 Å². The number of nitro groups is 1. The molecule has 1 atom stereocenters. The molecule has 0 aliphatic carbocycles. The lowest BCUT2D eigenvalue weighted by Crippen LogP contribution is -2.53. The lowest BCUT2D eigenvalue weighted by atomic mass is 10.0. The first-order valence-corrected chi connectivity index (χ1v) is 16.5.